The van der Waals surface area contributed by atoms with E-state index in [9.17, 15) is 9.59 Å². The van der Waals surface area contributed by atoms with Crippen LogP contribution < -0.4 is 10.2 Å². The molecule has 1 aromatic carbocycles. The van der Waals surface area contributed by atoms with Gasteiger partial charge in [-0.2, -0.15) is 0 Å². The third-order valence-corrected chi connectivity index (χ3v) is 3.28. The molecule has 5 heteroatoms. The zero-order chi connectivity index (χ0) is 13.1. The number of urea groups is 1. The number of benzene rings is 1. The molecule has 0 radical (unpaired) electrons. The molecular formula is C13H15ClN2O2. The summed E-state index contributed by atoms with van der Waals surface area (Å²) in [6.07, 6.45) is 2.57. The van der Waals surface area contributed by atoms with Crippen LogP contribution in [-0.4, -0.2) is 18.0 Å². The molecule has 3 amide bonds. The molecule has 1 aliphatic rings. The Morgan fingerprint density at radius 3 is 2.72 bits per heavy atom. The van der Waals surface area contributed by atoms with E-state index in [1.807, 2.05) is 6.92 Å². The highest BCUT2D eigenvalue weighted by molar-refractivity contribution is 6.35. The minimum absolute atomic E-state index is 0.221. The van der Waals surface area contributed by atoms with Gasteiger partial charge in [-0.05, 0) is 18.6 Å². The van der Waals surface area contributed by atoms with Crippen molar-refractivity contribution >= 4 is 29.2 Å². The lowest BCUT2D eigenvalue weighted by Crippen LogP contribution is -2.31. The van der Waals surface area contributed by atoms with E-state index in [1.54, 1.807) is 24.3 Å². The number of imide groups is 1. The van der Waals surface area contributed by atoms with E-state index in [1.165, 1.54) is 0 Å². The Hall–Kier alpha value is -1.55. The van der Waals surface area contributed by atoms with Crippen LogP contribution in [0.15, 0.2) is 24.3 Å². The molecular weight excluding hydrogens is 252 g/mol. The Morgan fingerprint density at radius 1 is 1.33 bits per heavy atom. The van der Waals surface area contributed by atoms with Crippen molar-refractivity contribution in [3.05, 3.63) is 29.3 Å². The minimum Gasteiger partial charge on any atom is -0.325 e. The first-order chi connectivity index (χ1) is 8.65. The van der Waals surface area contributed by atoms with Gasteiger partial charge in [-0.15, -0.1) is 0 Å². The fourth-order valence-electron chi connectivity index (χ4n) is 2.00. The van der Waals surface area contributed by atoms with Gasteiger partial charge in [-0.1, -0.05) is 43.5 Å². The fraction of sp³-hybridized carbons (Fsp3) is 0.385. The first-order valence-corrected chi connectivity index (χ1v) is 6.42. The van der Waals surface area contributed by atoms with Crippen LogP contribution in [0.3, 0.4) is 0 Å². The van der Waals surface area contributed by atoms with E-state index < -0.39 is 12.1 Å². The average molecular weight is 267 g/mol. The Bertz CT molecular complexity index is 476. The van der Waals surface area contributed by atoms with Gasteiger partial charge in [0, 0.05) is 0 Å². The summed E-state index contributed by atoms with van der Waals surface area (Å²) in [7, 11) is 0. The third kappa shape index (κ3) is 2.34. The Balaban J connectivity index is 2.22. The van der Waals surface area contributed by atoms with Crippen molar-refractivity contribution in [2.24, 2.45) is 0 Å². The normalized spacial score (nSPS) is 19.2. The summed E-state index contributed by atoms with van der Waals surface area (Å²) in [6, 6.07) is 6.03. The van der Waals surface area contributed by atoms with Crippen LogP contribution in [0.2, 0.25) is 5.02 Å². The van der Waals surface area contributed by atoms with E-state index in [0.29, 0.717) is 17.1 Å². The van der Waals surface area contributed by atoms with Crippen LogP contribution >= 0.6 is 11.6 Å². The number of hydrogen-bond donors (Lipinski definition) is 1. The molecule has 1 fully saturated rings. The third-order valence-electron chi connectivity index (χ3n) is 2.96. The van der Waals surface area contributed by atoms with Gasteiger partial charge in [0.05, 0.1) is 10.7 Å². The maximum absolute atomic E-state index is 12.2. The molecule has 1 aromatic rings. The van der Waals surface area contributed by atoms with Crippen molar-refractivity contribution < 1.29 is 9.59 Å². The van der Waals surface area contributed by atoms with Crippen molar-refractivity contribution in [3.8, 4) is 0 Å². The molecule has 1 saturated heterocycles. The van der Waals surface area contributed by atoms with E-state index in [0.717, 1.165) is 17.7 Å². The summed E-state index contributed by atoms with van der Waals surface area (Å²) in [6.45, 7) is 2.05. The molecule has 1 unspecified atom stereocenters. The fourth-order valence-corrected chi connectivity index (χ4v) is 2.22. The van der Waals surface area contributed by atoms with E-state index in [-0.39, 0.29) is 5.91 Å². The molecule has 2 rings (SSSR count). The number of nitrogens with zero attached hydrogens (tertiary/aromatic N) is 1. The van der Waals surface area contributed by atoms with E-state index in [4.69, 9.17) is 11.6 Å². The van der Waals surface area contributed by atoms with Crippen LogP contribution in [0.25, 0.3) is 0 Å². The summed E-state index contributed by atoms with van der Waals surface area (Å²) in [5, 5.41) is 3.09. The Morgan fingerprint density at radius 2 is 2.06 bits per heavy atom. The van der Waals surface area contributed by atoms with Gasteiger partial charge in [0.2, 0.25) is 0 Å². The zero-order valence-corrected chi connectivity index (χ0v) is 10.9. The molecule has 1 atom stereocenters. The number of halogens is 1. The standard InChI is InChI=1S/C13H15ClN2O2/c1-2-3-7-10-12(17)16(13(18)15-10)11-8-5-4-6-9(11)14/h4-6,8,10H,2-3,7H2,1H3,(H,15,18). The van der Waals surface area contributed by atoms with Gasteiger partial charge in [-0.25, -0.2) is 9.69 Å². The predicted molar refractivity (Wildman–Crippen MR) is 70.8 cm³/mol. The topological polar surface area (TPSA) is 49.4 Å². The number of nitrogens with one attached hydrogen (secondary N) is 1. The maximum atomic E-state index is 12.2. The van der Waals surface area contributed by atoms with Crippen LogP contribution in [-0.2, 0) is 4.79 Å². The molecule has 1 heterocycles. The zero-order valence-electron chi connectivity index (χ0n) is 10.1. The molecule has 0 aromatic heterocycles. The molecule has 1 aliphatic heterocycles. The van der Waals surface area contributed by atoms with Crippen LogP contribution in [0.5, 0.6) is 0 Å². The van der Waals surface area contributed by atoms with Gasteiger partial charge in [-0.3, -0.25) is 4.79 Å². The molecule has 0 aliphatic carbocycles. The van der Waals surface area contributed by atoms with Crippen molar-refractivity contribution in [2.75, 3.05) is 4.90 Å². The number of para-hydroxylation sites is 1. The Kier molecular flexibility index (Phi) is 3.87. The van der Waals surface area contributed by atoms with Crippen LogP contribution in [0, 0.1) is 0 Å². The van der Waals surface area contributed by atoms with Gasteiger partial charge in [0.1, 0.15) is 6.04 Å². The predicted octanol–water partition coefficient (Wildman–Crippen LogP) is 2.96. The maximum Gasteiger partial charge on any atom is 0.329 e. The molecule has 1 N–H and O–H groups in total. The van der Waals surface area contributed by atoms with Gasteiger partial charge in [0.25, 0.3) is 5.91 Å². The van der Waals surface area contributed by atoms with Crippen molar-refractivity contribution in [1.82, 2.24) is 5.32 Å². The highest BCUT2D eigenvalue weighted by Gasteiger charge is 2.39. The highest BCUT2D eigenvalue weighted by Crippen LogP contribution is 2.28. The molecule has 96 valence electrons. The first kappa shape index (κ1) is 12.9. The average Bonchev–Trinajstić information content (AvgIpc) is 2.63. The summed E-state index contributed by atoms with van der Waals surface area (Å²) in [5.41, 5.74) is 0.445. The summed E-state index contributed by atoms with van der Waals surface area (Å²) in [5.74, 6) is -0.221. The molecule has 4 nitrogen and oxygen atoms in total. The number of anilines is 1. The molecule has 18 heavy (non-hydrogen) atoms. The van der Waals surface area contributed by atoms with Crippen LogP contribution in [0.1, 0.15) is 26.2 Å². The lowest BCUT2D eigenvalue weighted by molar-refractivity contribution is -0.118. The van der Waals surface area contributed by atoms with E-state index >= 15 is 0 Å². The van der Waals surface area contributed by atoms with Gasteiger partial charge < -0.3 is 5.32 Å². The highest BCUT2D eigenvalue weighted by atomic mass is 35.5. The monoisotopic (exact) mass is 266 g/mol. The second kappa shape index (κ2) is 5.40. The Labute approximate surface area is 111 Å². The lowest BCUT2D eigenvalue weighted by atomic mass is 10.1. The summed E-state index contributed by atoms with van der Waals surface area (Å²) >= 11 is 6.01. The minimum atomic E-state index is -0.422. The lowest BCUT2D eigenvalue weighted by Gasteiger charge is -2.14. The first-order valence-electron chi connectivity index (χ1n) is 6.04. The second-order valence-corrected chi connectivity index (χ2v) is 4.68. The van der Waals surface area contributed by atoms with Crippen molar-refractivity contribution in [3.63, 3.8) is 0 Å². The molecule has 0 bridgehead atoms. The number of carbonyl (C=O) groups is 2. The number of hydrogen-bond acceptors (Lipinski definition) is 2. The smallest absolute Gasteiger partial charge is 0.325 e. The van der Waals surface area contributed by atoms with Gasteiger partial charge in [0.15, 0.2) is 0 Å². The number of rotatable bonds is 4. The van der Waals surface area contributed by atoms with Crippen molar-refractivity contribution in [2.45, 2.75) is 32.2 Å². The quantitative estimate of drug-likeness (QED) is 0.852. The van der Waals surface area contributed by atoms with Crippen LogP contribution in [0.4, 0.5) is 10.5 Å². The summed E-state index contributed by atoms with van der Waals surface area (Å²) in [4.78, 5) is 25.1. The summed E-state index contributed by atoms with van der Waals surface area (Å²) < 4.78 is 0. The molecule has 0 spiro atoms. The van der Waals surface area contributed by atoms with Crippen molar-refractivity contribution in [1.29, 1.82) is 0 Å². The number of amides is 3. The second-order valence-electron chi connectivity index (χ2n) is 4.27. The largest absolute Gasteiger partial charge is 0.329 e. The van der Waals surface area contributed by atoms with E-state index in [2.05, 4.69) is 5.32 Å². The number of unbranched alkanes of at least 4 members (excludes halogenated alkanes) is 1. The number of carbonyl (C=O) groups excluding carboxylic acids is 2. The van der Waals surface area contributed by atoms with Gasteiger partial charge >= 0.3 is 6.03 Å². The SMILES string of the molecule is CCCCC1NC(=O)N(c2ccccc2Cl)C1=O. The molecule has 0 saturated carbocycles.